The predicted octanol–water partition coefficient (Wildman–Crippen LogP) is 2.28. The van der Waals surface area contributed by atoms with Crippen LogP contribution in [0.4, 0.5) is 13.2 Å². The molecule has 96 valence electrons. The lowest BCUT2D eigenvalue weighted by Gasteiger charge is -2.17. The maximum absolute atomic E-state index is 12.2. The molecule has 3 nitrogen and oxygen atoms in total. The summed E-state index contributed by atoms with van der Waals surface area (Å²) in [6, 6.07) is 1.89. The zero-order valence-corrected chi connectivity index (χ0v) is 10.2. The Hall–Kier alpha value is -0.660. The first-order chi connectivity index (χ1) is 7.86. The van der Waals surface area contributed by atoms with Gasteiger partial charge < -0.3 is 10.2 Å². The molecule has 0 saturated heterocycles. The van der Waals surface area contributed by atoms with Crippen LogP contribution in [0.5, 0.6) is 0 Å². The molecule has 17 heavy (non-hydrogen) atoms. The van der Waals surface area contributed by atoms with Crippen molar-refractivity contribution < 1.29 is 23.4 Å². The van der Waals surface area contributed by atoms with E-state index in [0.717, 1.165) is 18.3 Å². The highest BCUT2D eigenvalue weighted by Gasteiger charge is 2.32. The number of alkyl halides is 4. The van der Waals surface area contributed by atoms with Crippen molar-refractivity contribution in [2.45, 2.75) is 24.8 Å². The molecule has 0 bridgehead atoms. The highest BCUT2D eigenvalue weighted by molar-refractivity contribution is 9.09. The summed E-state index contributed by atoms with van der Waals surface area (Å²) in [4.78, 5) is 3.21. The predicted molar refractivity (Wildman–Crippen MR) is 58.6 cm³/mol. The van der Waals surface area contributed by atoms with Crippen LogP contribution in [0, 0.1) is 0 Å². The average Bonchev–Trinajstić information content (AvgIpc) is 2.27. The van der Waals surface area contributed by atoms with Crippen molar-refractivity contribution in [1.29, 1.82) is 0 Å². The van der Waals surface area contributed by atoms with Crippen LogP contribution in [-0.4, -0.2) is 26.6 Å². The Morgan fingerprint density at radius 3 is 2.35 bits per heavy atom. The minimum absolute atomic E-state index is 0.159. The van der Waals surface area contributed by atoms with Crippen molar-refractivity contribution in [3.63, 3.8) is 0 Å². The van der Waals surface area contributed by atoms with Gasteiger partial charge in [0, 0.05) is 17.1 Å². The van der Waals surface area contributed by atoms with E-state index in [1.54, 1.807) is 0 Å². The molecular weight excluding hydrogens is 303 g/mol. The quantitative estimate of drug-likeness (QED) is 0.839. The summed E-state index contributed by atoms with van der Waals surface area (Å²) in [6.07, 6.45) is -5.55. The van der Waals surface area contributed by atoms with E-state index in [4.69, 9.17) is 0 Å². The van der Waals surface area contributed by atoms with E-state index in [1.165, 1.54) is 0 Å². The number of aliphatic hydroxyl groups is 2. The number of aliphatic hydroxyl groups excluding tert-OH is 2. The second-order valence-electron chi connectivity index (χ2n) is 3.46. The van der Waals surface area contributed by atoms with Crippen LogP contribution in [-0.2, 0) is 6.18 Å². The second kappa shape index (κ2) is 5.79. The molecule has 0 aliphatic heterocycles. The molecule has 2 atom stereocenters. The van der Waals surface area contributed by atoms with Crippen LogP contribution in [0.1, 0.15) is 23.8 Å². The Kier molecular flexibility index (Phi) is 4.91. The Morgan fingerprint density at radius 2 is 1.94 bits per heavy atom. The molecule has 7 heteroatoms. The monoisotopic (exact) mass is 313 g/mol. The molecule has 0 fully saturated rings. The number of nitrogens with zero attached hydrogens (tertiary/aromatic N) is 1. The largest absolute Gasteiger partial charge is 0.433 e. The lowest BCUT2D eigenvalue weighted by atomic mass is 10.0. The van der Waals surface area contributed by atoms with E-state index >= 15 is 0 Å². The van der Waals surface area contributed by atoms with E-state index < -0.39 is 24.1 Å². The van der Waals surface area contributed by atoms with Gasteiger partial charge in [-0.1, -0.05) is 22.0 Å². The molecule has 0 radical (unpaired) electrons. The van der Waals surface area contributed by atoms with Gasteiger partial charge in [0.1, 0.15) is 11.8 Å². The van der Waals surface area contributed by atoms with Gasteiger partial charge in [0.25, 0.3) is 0 Å². The molecule has 0 spiro atoms. The first-order valence-corrected chi connectivity index (χ1v) is 5.93. The van der Waals surface area contributed by atoms with Crippen molar-refractivity contribution in [2.24, 2.45) is 0 Å². The number of rotatable bonds is 4. The minimum atomic E-state index is -4.50. The minimum Gasteiger partial charge on any atom is -0.390 e. The zero-order chi connectivity index (χ0) is 13.1. The Labute approximate surface area is 104 Å². The van der Waals surface area contributed by atoms with Crippen LogP contribution in [0.3, 0.4) is 0 Å². The van der Waals surface area contributed by atoms with E-state index in [0.29, 0.717) is 11.8 Å². The molecule has 1 rings (SSSR count). The first kappa shape index (κ1) is 14.4. The fourth-order valence-corrected chi connectivity index (χ4v) is 1.71. The molecule has 1 aromatic rings. The molecule has 1 aromatic heterocycles. The van der Waals surface area contributed by atoms with Crippen molar-refractivity contribution in [3.8, 4) is 0 Å². The number of pyridine rings is 1. The van der Waals surface area contributed by atoms with Gasteiger partial charge in [-0.05, 0) is 12.5 Å². The summed E-state index contributed by atoms with van der Waals surface area (Å²) in [5, 5.41) is 19.6. The summed E-state index contributed by atoms with van der Waals surface area (Å²) >= 11 is 3.09. The maximum Gasteiger partial charge on any atom is 0.433 e. The highest BCUT2D eigenvalue weighted by Crippen LogP contribution is 2.28. The lowest BCUT2D eigenvalue weighted by Crippen LogP contribution is -2.19. The van der Waals surface area contributed by atoms with Gasteiger partial charge in [0.05, 0.1) is 6.10 Å². The third-order valence-corrected chi connectivity index (χ3v) is 2.65. The topological polar surface area (TPSA) is 53.4 Å². The summed E-state index contributed by atoms with van der Waals surface area (Å²) in [7, 11) is 0. The van der Waals surface area contributed by atoms with Crippen LogP contribution >= 0.6 is 15.9 Å². The molecule has 2 N–H and O–H groups in total. The molecule has 2 unspecified atom stereocenters. The van der Waals surface area contributed by atoms with E-state index in [1.807, 2.05) is 0 Å². The normalized spacial score (nSPS) is 15.6. The van der Waals surface area contributed by atoms with Gasteiger partial charge in [0.2, 0.25) is 0 Å². The first-order valence-electron chi connectivity index (χ1n) is 4.81. The standard InChI is InChI=1S/C10H11BrF3NO2/c11-4-3-7(16)9(17)6-1-2-8(15-5-6)10(12,13)14/h1-2,5,7,9,16-17H,3-4H2. The lowest BCUT2D eigenvalue weighted by molar-refractivity contribution is -0.141. The number of hydrogen-bond acceptors (Lipinski definition) is 3. The SMILES string of the molecule is OC(CCBr)C(O)c1ccc(C(F)(F)F)nc1. The Bertz CT molecular complexity index is 356. The Morgan fingerprint density at radius 1 is 1.29 bits per heavy atom. The average molecular weight is 314 g/mol. The number of halogens is 4. The maximum atomic E-state index is 12.2. The highest BCUT2D eigenvalue weighted by atomic mass is 79.9. The van der Waals surface area contributed by atoms with Crippen molar-refractivity contribution in [1.82, 2.24) is 4.98 Å². The van der Waals surface area contributed by atoms with Crippen LogP contribution in [0.25, 0.3) is 0 Å². The summed E-state index contributed by atoms with van der Waals surface area (Å²) < 4.78 is 36.7. The van der Waals surface area contributed by atoms with E-state index in [9.17, 15) is 23.4 Å². The van der Waals surface area contributed by atoms with E-state index in [2.05, 4.69) is 20.9 Å². The van der Waals surface area contributed by atoms with Crippen molar-refractivity contribution in [2.75, 3.05) is 5.33 Å². The molecule has 0 aromatic carbocycles. The van der Waals surface area contributed by atoms with Gasteiger partial charge >= 0.3 is 6.18 Å². The van der Waals surface area contributed by atoms with Crippen LogP contribution in [0.2, 0.25) is 0 Å². The molecule has 1 heterocycles. The van der Waals surface area contributed by atoms with Gasteiger partial charge in [-0.2, -0.15) is 13.2 Å². The van der Waals surface area contributed by atoms with Crippen molar-refractivity contribution >= 4 is 15.9 Å². The van der Waals surface area contributed by atoms with Gasteiger partial charge in [-0.25, -0.2) is 0 Å². The smallest absolute Gasteiger partial charge is 0.390 e. The molecule has 0 amide bonds. The third-order valence-electron chi connectivity index (χ3n) is 2.19. The van der Waals surface area contributed by atoms with E-state index in [-0.39, 0.29) is 5.56 Å². The van der Waals surface area contributed by atoms with Gasteiger partial charge in [0.15, 0.2) is 0 Å². The molecular formula is C10H11BrF3NO2. The summed E-state index contributed by atoms with van der Waals surface area (Å²) in [5.41, 5.74) is -0.866. The number of aromatic nitrogens is 1. The van der Waals surface area contributed by atoms with Crippen LogP contribution in [0.15, 0.2) is 18.3 Å². The van der Waals surface area contributed by atoms with Crippen LogP contribution < -0.4 is 0 Å². The fourth-order valence-electron chi connectivity index (χ4n) is 1.24. The molecule has 0 aliphatic rings. The molecule has 0 aliphatic carbocycles. The zero-order valence-electron chi connectivity index (χ0n) is 8.65. The molecule has 0 saturated carbocycles. The Balaban J connectivity index is 2.80. The van der Waals surface area contributed by atoms with Gasteiger partial charge in [-0.3, -0.25) is 4.98 Å². The fraction of sp³-hybridized carbons (Fsp3) is 0.500. The summed E-state index contributed by atoms with van der Waals surface area (Å²) in [6.45, 7) is 0. The third kappa shape index (κ3) is 3.93. The van der Waals surface area contributed by atoms with Gasteiger partial charge in [-0.15, -0.1) is 0 Å². The second-order valence-corrected chi connectivity index (χ2v) is 4.26. The number of hydrogen-bond donors (Lipinski definition) is 2. The summed E-state index contributed by atoms with van der Waals surface area (Å²) in [5.74, 6) is 0. The van der Waals surface area contributed by atoms with Crippen molar-refractivity contribution in [3.05, 3.63) is 29.6 Å².